The molecule has 1 radical (unpaired) electrons. The zero-order chi connectivity index (χ0) is 3.58. The summed E-state index contributed by atoms with van der Waals surface area (Å²) in [6.07, 6.45) is 0. The largest absolute Gasteiger partial charge is 2.00 e. The van der Waals surface area contributed by atoms with Crippen molar-refractivity contribution in [3.63, 3.8) is 0 Å². The van der Waals surface area contributed by atoms with Crippen molar-refractivity contribution in [2.75, 3.05) is 0 Å². The van der Waals surface area contributed by atoms with E-state index in [4.69, 9.17) is 15.1 Å². The Balaban J connectivity index is -0.00000000161. The predicted molar refractivity (Wildman–Crippen MR) is 28.4 cm³/mol. The summed E-state index contributed by atoms with van der Waals surface area (Å²) in [4.78, 5) is 0. The van der Waals surface area contributed by atoms with Gasteiger partial charge in [-0.25, -0.2) is 0 Å². The topological polar surface area (TPSA) is 60.7 Å². The molecule has 0 saturated heterocycles. The molecule has 0 rings (SSSR count). The molecule has 0 aromatic rings. The van der Waals surface area contributed by atoms with Crippen LogP contribution >= 0.6 is 0 Å². The van der Waals surface area contributed by atoms with E-state index in [1.54, 1.807) is 0 Å². The molecule has 0 atom stereocenters. The summed E-state index contributed by atoms with van der Waals surface area (Å²) >= 11 is 0. The Bertz CT molecular complexity index is 35.0. The Kier molecular flexibility index (Phi) is 85.9. The second-order valence-electron chi connectivity index (χ2n) is 0.346. The van der Waals surface area contributed by atoms with Gasteiger partial charge < -0.3 is 20.8 Å². The number of hydrogen-bond donors (Lipinski definition) is 3. The van der Waals surface area contributed by atoms with Gasteiger partial charge in [-0.1, -0.05) is 0 Å². The molecule has 0 fully saturated rings. The summed E-state index contributed by atoms with van der Waals surface area (Å²) in [5, 5.41) is 21.5. The molecule has 0 bridgehead atoms. The molecule has 0 aliphatic rings. The minimum atomic E-state index is -2.17. The maximum Gasteiger partial charge on any atom is 2.00 e. The standard InChI is InChI=1S/BH3O3.Ca.Fe.Mg.Mn.4H/c2-1(3)4;;;;;;;;/h2-4H;;;;;;;;/q;+2;;+2;;4*-1. The van der Waals surface area contributed by atoms with Crippen molar-refractivity contribution in [2.45, 2.75) is 0 Å². The van der Waals surface area contributed by atoms with Crippen LogP contribution in [0.15, 0.2) is 0 Å². The Morgan fingerprint density at radius 1 is 1.12 bits per heavy atom. The second kappa shape index (κ2) is 22.5. The monoisotopic (exact) mass is 241 g/mol. The third-order valence-electron chi connectivity index (χ3n) is 0. The van der Waals surface area contributed by atoms with E-state index in [9.17, 15) is 0 Å². The van der Waals surface area contributed by atoms with Gasteiger partial charge in [-0.2, -0.15) is 0 Å². The van der Waals surface area contributed by atoms with Gasteiger partial charge in [0.05, 0.1) is 0 Å². The zero-order valence-electron chi connectivity index (χ0n) is 8.06. The molecule has 0 aromatic carbocycles. The van der Waals surface area contributed by atoms with E-state index in [1.807, 2.05) is 0 Å². The SMILES string of the molecule is OB(O)O.[Ca+2].[Fe].[H-].[H-].[H-].[H-].[Mg+2].[Mn]. The summed E-state index contributed by atoms with van der Waals surface area (Å²) in [7, 11) is -2.17. The average Bonchev–Trinajstić information content (AvgIpc) is 0.811. The van der Waals surface area contributed by atoms with Crippen LogP contribution < -0.4 is 0 Å². The van der Waals surface area contributed by atoms with Gasteiger partial charge in [0.1, 0.15) is 0 Å². The fraction of sp³-hybridized carbons (Fsp3) is 0. The van der Waals surface area contributed by atoms with Crippen LogP contribution in [-0.2, 0) is 34.1 Å². The third-order valence-corrected chi connectivity index (χ3v) is 0. The van der Waals surface area contributed by atoms with Crippen molar-refractivity contribution in [3.05, 3.63) is 0 Å². The van der Waals surface area contributed by atoms with Crippen LogP contribution in [0.25, 0.3) is 0 Å². The number of hydrogen-bond acceptors (Lipinski definition) is 3. The minimum absolute atomic E-state index is 0. The summed E-state index contributed by atoms with van der Waals surface area (Å²) in [5.41, 5.74) is 0. The second-order valence-corrected chi connectivity index (χ2v) is 0.346. The van der Waals surface area contributed by atoms with Crippen LogP contribution in [0.1, 0.15) is 5.71 Å². The third kappa shape index (κ3) is 63.8. The van der Waals surface area contributed by atoms with Crippen LogP contribution in [-0.4, -0.2) is 83.2 Å². The molecular weight excluding hydrogens is 234 g/mol. The molecule has 47 valence electrons. The van der Waals surface area contributed by atoms with Crippen molar-refractivity contribution < 1.29 is 54.9 Å². The molecule has 0 saturated carbocycles. The Hall–Kier alpha value is 3.01. The van der Waals surface area contributed by atoms with E-state index in [-0.39, 0.29) is 101 Å². The van der Waals surface area contributed by atoms with Crippen molar-refractivity contribution in [3.8, 4) is 0 Å². The van der Waals surface area contributed by atoms with Gasteiger partial charge in [0.2, 0.25) is 0 Å². The maximum absolute atomic E-state index is 7.17. The van der Waals surface area contributed by atoms with Crippen LogP contribution in [0.2, 0.25) is 0 Å². The summed E-state index contributed by atoms with van der Waals surface area (Å²) in [6.45, 7) is 0. The first-order valence-corrected chi connectivity index (χ1v) is 0.775. The van der Waals surface area contributed by atoms with E-state index < -0.39 is 7.32 Å². The Morgan fingerprint density at radius 2 is 1.12 bits per heavy atom. The van der Waals surface area contributed by atoms with Gasteiger partial charge >= 0.3 is 68.1 Å². The normalized spacial score (nSPS) is 3.38. The molecule has 0 heterocycles. The van der Waals surface area contributed by atoms with Gasteiger partial charge in [0.25, 0.3) is 0 Å². The van der Waals surface area contributed by atoms with Crippen LogP contribution in [0, 0.1) is 0 Å². The van der Waals surface area contributed by atoms with E-state index in [0.29, 0.717) is 0 Å². The van der Waals surface area contributed by atoms with Gasteiger partial charge in [-0.15, -0.1) is 0 Å². The molecule has 0 aliphatic heterocycles. The van der Waals surface area contributed by atoms with Crippen molar-refractivity contribution in [1.82, 2.24) is 0 Å². The quantitative estimate of drug-likeness (QED) is 0.415. The summed E-state index contributed by atoms with van der Waals surface area (Å²) in [5.74, 6) is 0. The molecule has 8 heteroatoms. The van der Waals surface area contributed by atoms with E-state index in [2.05, 4.69) is 0 Å². The van der Waals surface area contributed by atoms with Gasteiger partial charge in [0, 0.05) is 34.1 Å². The fourth-order valence-corrected chi connectivity index (χ4v) is 0. The summed E-state index contributed by atoms with van der Waals surface area (Å²) in [6, 6.07) is 0. The fourth-order valence-electron chi connectivity index (χ4n) is 0. The van der Waals surface area contributed by atoms with Gasteiger partial charge in [-0.05, 0) is 0 Å². The van der Waals surface area contributed by atoms with Crippen LogP contribution in [0.3, 0.4) is 0 Å². The first kappa shape index (κ1) is 30.5. The molecule has 0 aliphatic carbocycles. The molecule has 3 N–H and O–H groups in total. The Morgan fingerprint density at radius 3 is 1.12 bits per heavy atom. The molecule has 0 amide bonds. The molecule has 0 aromatic heterocycles. The molecular formula is H7BCaFeMgMnO3. The van der Waals surface area contributed by atoms with Gasteiger partial charge in [-0.3, -0.25) is 0 Å². The maximum atomic E-state index is 7.17. The molecule has 0 unspecified atom stereocenters. The molecule has 0 spiro atoms. The average molecular weight is 241 g/mol. The summed E-state index contributed by atoms with van der Waals surface area (Å²) < 4.78 is 0. The molecule has 8 heavy (non-hydrogen) atoms. The zero-order valence-corrected chi connectivity index (χ0v) is 9.97. The smallest absolute Gasteiger partial charge is 1.00 e. The van der Waals surface area contributed by atoms with E-state index in [1.165, 1.54) is 0 Å². The minimum Gasteiger partial charge on any atom is -1.00 e. The Labute approximate surface area is 121 Å². The van der Waals surface area contributed by atoms with Gasteiger partial charge in [0.15, 0.2) is 0 Å². The predicted octanol–water partition coefficient (Wildman–Crippen LogP) is -2.37. The van der Waals surface area contributed by atoms with E-state index >= 15 is 0 Å². The van der Waals surface area contributed by atoms with Crippen molar-refractivity contribution in [1.29, 1.82) is 0 Å². The van der Waals surface area contributed by atoms with Crippen molar-refractivity contribution >= 4 is 68.1 Å². The van der Waals surface area contributed by atoms with Crippen LogP contribution in [0.5, 0.6) is 0 Å². The van der Waals surface area contributed by atoms with Crippen LogP contribution in [0.4, 0.5) is 0 Å². The van der Waals surface area contributed by atoms with Crippen molar-refractivity contribution in [2.24, 2.45) is 0 Å². The molecule has 3 nitrogen and oxygen atoms in total. The first-order valence-electron chi connectivity index (χ1n) is 0.775. The van der Waals surface area contributed by atoms with E-state index in [0.717, 1.165) is 0 Å². The first-order chi connectivity index (χ1) is 1.73. The number of rotatable bonds is 0.